The van der Waals surface area contributed by atoms with Crippen molar-refractivity contribution in [1.29, 1.82) is 0 Å². The van der Waals surface area contributed by atoms with Crippen LogP contribution in [0, 0.1) is 0 Å². The first-order valence-electron chi connectivity index (χ1n) is 8.26. The molecule has 0 N–H and O–H groups in total. The highest BCUT2D eigenvalue weighted by Gasteiger charge is 2.23. The molecule has 1 unspecified atom stereocenters. The lowest BCUT2D eigenvalue weighted by molar-refractivity contribution is -0.147. The van der Waals surface area contributed by atoms with E-state index >= 15 is 0 Å². The first-order valence-corrected chi connectivity index (χ1v) is 8.64. The molecule has 0 bridgehead atoms. The Morgan fingerprint density at radius 1 is 1.27 bits per heavy atom. The summed E-state index contributed by atoms with van der Waals surface area (Å²) in [5.41, 5.74) is 1.01. The molecule has 0 aliphatic rings. The summed E-state index contributed by atoms with van der Waals surface area (Å²) in [5.74, 6) is -0.466. The first-order chi connectivity index (χ1) is 12.5. The van der Waals surface area contributed by atoms with Crippen LogP contribution in [-0.2, 0) is 16.1 Å². The molecule has 0 spiro atoms. The summed E-state index contributed by atoms with van der Waals surface area (Å²) in [5, 5.41) is 8.62. The van der Waals surface area contributed by atoms with Gasteiger partial charge in [0.25, 0.3) is 5.56 Å². The van der Waals surface area contributed by atoms with E-state index in [9.17, 15) is 9.59 Å². The number of ether oxygens (including phenoxy) is 1. The van der Waals surface area contributed by atoms with E-state index in [1.807, 2.05) is 12.1 Å². The second-order valence-corrected chi connectivity index (χ2v) is 6.12. The quantitative estimate of drug-likeness (QED) is 0.613. The van der Waals surface area contributed by atoms with Crippen molar-refractivity contribution in [3.63, 3.8) is 0 Å². The Balaban J connectivity index is 1.97. The normalized spacial score (nSPS) is 12.3. The summed E-state index contributed by atoms with van der Waals surface area (Å²) in [6.07, 6.45) is 1.75. The second-order valence-electron chi connectivity index (χ2n) is 5.68. The van der Waals surface area contributed by atoms with Gasteiger partial charge in [0.2, 0.25) is 0 Å². The average Bonchev–Trinajstić information content (AvgIpc) is 3.03. The van der Waals surface area contributed by atoms with E-state index in [-0.39, 0.29) is 12.1 Å². The number of hydrogen-bond acceptors (Lipinski definition) is 6. The van der Waals surface area contributed by atoms with Crippen LogP contribution in [-0.4, -0.2) is 37.1 Å². The summed E-state index contributed by atoms with van der Waals surface area (Å²) in [4.78, 5) is 29.1. The lowest BCUT2D eigenvalue weighted by atomic mass is 10.2. The maximum atomic E-state index is 12.7. The van der Waals surface area contributed by atoms with E-state index in [1.54, 1.807) is 26.0 Å². The average molecular weight is 376 g/mol. The molecule has 1 aromatic carbocycles. The molecule has 26 heavy (non-hydrogen) atoms. The molecule has 8 nitrogen and oxygen atoms in total. The van der Waals surface area contributed by atoms with Gasteiger partial charge in [0.05, 0.1) is 13.2 Å². The Hall–Kier alpha value is -2.74. The summed E-state index contributed by atoms with van der Waals surface area (Å²) < 4.78 is 7.82. The zero-order valence-corrected chi connectivity index (χ0v) is 15.2. The third kappa shape index (κ3) is 3.45. The highest BCUT2D eigenvalue weighted by molar-refractivity contribution is 6.30. The summed E-state index contributed by atoms with van der Waals surface area (Å²) >= 11 is 5.89. The van der Waals surface area contributed by atoms with Crippen molar-refractivity contribution in [3.05, 3.63) is 51.5 Å². The molecule has 0 saturated heterocycles. The van der Waals surface area contributed by atoms with Crippen LogP contribution in [0.5, 0.6) is 0 Å². The minimum atomic E-state index is -0.735. The monoisotopic (exact) mass is 375 g/mol. The molecule has 2 heterocycles. The van der Waals surface area contributed by atoms with Crippen LogP contribution in [0.15, 0.2) is 35.4 Å². The van der Waals surface area contributed by atoms with E-state index in [0.717, 1.165) is 5.56 Å². The fraction of sp³-hybridized carbons (Fsp3) is 0.353. The van der Waals surface area contributed by atoms with Crippen LogP contribution in [0.1, 0.15) is 31.9 Å². The minimum Gasteiger partial charge on any atom is -0.464 e. The maximum absolute atomic E-state index is 12.7. The summed E-state index contributed by atoms with van der Waals surface area (Å²) in [7, 11) is 0. The number of esters is 1. The molecule has 0 fully saturated rings. The number of benzene rings is 1. The van der Waals surface area contributed by atoms with E-state index in [1.165, 1.54) is 15.6 Å². The molecule has 9 heteroatoms. The molecule has 3 rings (SSSR count). The summed E-state index contributed by atoms with van der Waals surface area (Å²) in [6.45, 7) is 4.17. The van der Waals surface area contributed by atoms with Gasteiger partial charge in [-0.1, -0.05) is 35.9 Å². The van der Waals surface area contributed by atoms with E-state index < -0.39 is 17.6 Å². The van der Waals surface area contributed by atoms with Gasteiger partial charge >= 0.3 is 5.97 Å². The summed E-state index contributed by atoms with van der Waals surface area (Å²) in [6, 6.07) is 6.56. The van der Waals surface area contributed by atoms with Gasteiger partial charge in [-0.15, -0.1) is 5.10 Å². The van der Waals surface area contributed by atoms with Crippen molar-refractivity contribution in [1.82, 2.24) is 24.5 Å². The van der Waals surface area contributed by atoms with Crippen molar-refractivity contribution in [2.45, 2.75) is 32.9 Å². The third-order valence-corrected chi connectivity index (χ3v) is 4.23. The number of carbonyl (C=O) groups excluding carboxylic acids is 1. The molecule has 3 aromatic rings. The standard InChI is InChI=1S/C17H18ClN5O3/c1-3-13(17(25)26-4-2)22-10-19-15-14(16(22)24)20-21-23(15)9-11-5-7-12(18)8-6-11/h5-8,10,13H,3-4,9H2,1-2H3. The van der Waals surface area contributed by atoms with Crippen LogP contribution in [0.2, 0.25) is 5.02 Å². The van der Waals surface area contributed by atoms with Gasteiger partial charge < -0.3 is 4.74 Å². The molecular weight excluding hydrogens is 358 g/mol. The largest absolute Gasteiger partial charge is 0.464 e. The van der Waals surface area contributed by atoms with Gasteiger partial charge in [-0.25, -0.2) is 14.5 Å². The molecule has 1 atom stereocenters. The number of carbonyl (C=O) groups is 1. The molecule has 0 aliphatic carbocycles. The lowest BCUT2D eigenvalue weighted by Crippen LogP contribution is -2.31. The Labute approximate surface area is 154 Å². The zero-order valence-electron chi connectivity index (χ0n) is 14.4. The molecular formula is C17H18ClN5O3. The van der Waals surface area contributed by atoms with E-state index in [2.05, 4.69) is 15.3 Å². The van der Waals surface area contributed by atoms with Crippen LogP contribution in [0.4, 0.5) is 0 Å². The Morgan fingerprint density at radius 2 is 2.00 bits per heavy atom. The fourth-order valence-electron chi connectivity index (χ4n) is 2.67. The highest BCUT2D eigenvalue weighted by atomic mass is 35.5. The van der Waals surface area contributed by atoms with E-state index in [0.29, 0.717) is 23.6 Å². The Kier molecular flexibility index (Phi) is 5.32. The third-order valence-electron chi connectivity index (χ3n) is 3.98. The van der Waals surface area contributed by atoms with Gasteiger partial charge in [0, 0.05) is 5.02 Å². The topological polar surface area (TPSA) is 91.9 Å². The molecule has 0 aliphatic heterocycles. The molecule has 0 amide bonds. The maximum Gasteiger partial charge on any atom is 0.329 e. The van der Waals surface area contributed by atoms with Gasteiger partial charge in [0.1, 0.15) is 12.4 Å². The Bertz CT molecular complexity index is 980. The van der Waals surface area contributed by atoms with Crippen molar-refractivity contribution in [3.8, 4) is 0 Å². The number of rotatable bonds is 6. The SMILES string of the molecule is CCOC(=O)C(CC)n1cnc2c(nnn2Cc2ccc(Cl)cc2)c1=O. The van der Waals surface area contributed by atoms with Gasteiger partial charge in [-0.05, 0) is 31.0 Å². The number of halogens is 1. The molecule has 2 aromatic heterocycles. The number of nitrogens with zero attached hydrogens (tertiary/aromatic N) is 5. The van der Waals surface area contributed by atoms with Crippen molar-refractivity contribution >= 4 is 28.7 Å². The second kappa shape index (κ2) is 7.65. The first kappa shape index (κ1) is 18.1. The number of fused-ring (bicyclic) bond motifs is 1. The van der Waals surface area contributed by atoms with E-state index in [4.69, 9.17) is 16.3 Å². The van der Waals surface area contributed by atoms with Crippen LogP contribution < -0.4 is 5.56 Å². The van der Waals surface area contributed by atoms with Gasteiger partial charge in [0.15, 0.2) is 11.2 Å². The van der Waals surface area contributed by atoms with Gasteiger partial charge in [-0.3, -0.25) is 9.36 Å². The van der Waals surface area contributed by atoms with Crippen LogP contribution in [0.3, 0.4) is 0 Å². The predicted octanol–water partition coefficient (Wildman–Crippen LogP) is 2.20. The minimum absolute atomic E-state index is 0.115. The van der Waals surface area contributed by atoms with Crippen molar-refractivity contribution in [2.24, 2.45) is 0 Å². The number of hydrogen-bond donors (Lipinski definition) is 0. The smallest absolute Gasteiger partial charge is 0.329 e. The lowest BCUT2D eigenvalue weighted by Gasteiger charge is -2.15. The fourth-order valence-corrected chi connectivity index (χ4v) is 2.80. The molecule has 136 valence electrons. The highest BCUT2D eigenvalue weighted by Crippen LogP contribution is 2.14. The van der Waals surface area contributed by atoms with Gasteiger partial charge in [-0.2, -0.15) is 0 Å². The van der Waals surface area contributed by atoms with Crippen molar-refractivity contribution in [2.75, 3.05) is 6.61 Å². The van der Waals surface area contributed by atoms with Crippen LogP contribution >= 0.6 is 11.6 Å². The number of aromatic nitrogens is 5. The molecule has 0 saturated carbocycles. The molecule has 0 radical (unpaired) electrons. The predicted molar refractivity (Wildman–Crippen MR) is 96.1 cm³/mol. The Morgan fingerprint density at radius 3 is 2.65 bits per heavy atom. The zero-order chi connectivity index (χ0) is 18.7. The van der Waals surface area contributed by atoms with Crippen molar-refractivity contribution < 1.29 is 9.53 Å². The van der Waals surface area contributed by atoms with Crippen LogP contribution in [0.25, 0.3) is 11.2 Å².